The summed E-state index contributed by atoms with van der Waals surface area (Å²) >= 11 is 1.22. The van der Waals surface area contributed by atoms with Gasteiger partial charge in [-0.1, -0.05) is 19.9 Å². The normalized spacial score (nSPS) is 12.8. The Morgan fingerprint density at radius 1 is 1.35 bits per heavy atom. The third kappa shape index (κ3) is 4.00. The Hall–Kier alpha value is -1.10. The van der Waals surface area contributed by atoms with Crippen molar-refractivity contribution in [2.24, 2.45) is 5.92 Å². The maximum atomic E-state index is 12.9. The number of aliphatic carboxylic acids is 1. The Bertz CT molecular complexity index is 407. The molecule has 1 aromatic carbocycles. The first-order valence-corrected chi connectivity index (χ1v) is 6.25. The molecule has 0 radical (unpaired) electrons. The molecular weight excluding hydrogens is 246 g/mol. The third-order valence-electron chi connectivity index (χ3n) is 2.26. The second-order valence-electron chi connectivity index (χ2n) is 4.06. The molecule has 0 aromatic heterocycles. The lowest BCUT2D eigenvalue weighted by molar-refractivity contribution is -0.137. The van der Waals surface area contributed by atoms with Gasteiger partial charge in [0, 0.05) is 5.75 Å². The highest BCUT2D eigenvalue weighted by Crippen LogP contribution is 2.24. The molecule has 0 aliphatic carbocycles. The standard InChI is InChI=1S/C12H14F2O2S/c1-7(2)11(12(15)16)17-6-8-3-4-9(13)10(14)5-8/h3-5,7,11H,6H2,1-2H3,(H,15,16). The molecular formula is C12H14F2O2S. The number of carboxylic acid groups (broad SMARTS) is 1. The molecule has 0 amide bonds. The molecule has 0 heterocycles. The number of carboxylic acids is 1. The molecule has 0 bridgehead atoms. The first-order valence-electron chi connectivity index (χ1n) is 5.20. The van der Waals surface area contributed by atoms with Crippen molar-refractivity contribution in [3.63, 3.8) is 0 Å². The number of carbonyl (C=O) groups is 1. The summed E-state index contributed by atoms with van der Waals surface area (Å²) in [5.74, 6) is -2.33. The number of halogens is 2. The Morgan fingerprint density at radius 3 is 2.47 bits per heavy atom. The molecule has 94 valence electrons. The van der Waals surface area contributed by atoms with Gasteiger partial charge < -0.3 is 5.11 Å². The van der Waals surface area contributed by atoms with Crippen LogP contribution in [0.15, 0.2) is 18.2 Å². The lowest BCUT2D eigenvalue weighted by Crippen LogP contribution is -2.22. The third-order valence-corrected chi connectivity index (χ3v) is 3.87. The van der Waals surface area contributed by atoms with Crippen LogP contribution in [0.5, 0.6) is 0 Å². The van der Waals surface area contributed by atoms with E-state index >= 15 is 0 Å². The molecule has 0 saturated heterocycles. The van der Waals surface area contributed by atoms with E-state index in [1.807, 2.05) is 13.8 Å². The monoisotopic (exact) mass is 260 g/mol. The minimum atomic E-state index is -0.903. The molecule has 0 saturated carbocycles. The molecule has 0 aliphatic heterocycles. The van der Waals surface area contributed by atoms with Crippen molar-refractivity contribution in [3.05, 3.63) is 35.4 Å². The van der Waals surface area contributed by atoms with Crippen LogP contribution in [0, 0.1) is 17.6 Å². The molecule has 17 heavy (non-hydrogen) atoms. The average Bonchev–Trinajstić information content (AvgIpc) is 2.22. The number of hydrogen-bond donors (Lipinski definition) is 1. The first kappa shape index (κ1) is 14.0. The number of benzene rings is 1. The van der Waals surface area contributed by atoms with Crippen LogP contribution < -0.4 is 0 Å². The molecule has 5 heteroatoms. The molecule has 1 rings (SSSR count). The highest BCUT2D eigenvalue weighted by molar-refractivity contribution is 7.99. The van der Waals surface area contributed by atoms with Crippen molar-refractivity contribution < 1.29 is 18.7 Å². The van der Waals surface area contributed by atoms with Crippen LogP contribution in [0.2, 0.25) is 0 Å². The van der Waals surface area contributed by atoms with Gasteiger partial charge in [-0.2, -0.15) is 0 Å². The summed E-state index contributed by atoms with van der Waals surface area (Å²) in [5.41, 5.74) is 0.584. The topological polar surface area (TPSA) is 37.3 Å². The second kappa shape index (κ2) is 6.00. The van der Waals surface area contributed by atoms with Crippen LogP contribution in [0.25, 0.3) is 0 Å². The van der Waals surface area contributed by atoms with Crippen LogP contribution in [-0.2, 0) is 10.5 Å². The van der Waals surface area contributed by atoms with Gasteiger partial charge in [-0.15, -0.1) is 11.8 Å². The second-order valence-corrected chi connectivity index (χ2v) is 5.19. The van der Waals surface area contributed by atoms with Crippen LogP contribution in [0.3, 0.4) is 0 Å². The summed E-state index contributed by atoms with van der Waals surface area (Å²) in [6, 6.07) is 3.61. The van der Waals surface area contributed by atoms with E-state index in [2.05, 4.69) is 0 Å². The fourth-order valence-corrected chi connectivity index (χ4v) is 2.44. The van der Waals surface area contributed by atoms with E-state index in [0.29, 0.717) is 11.3 Å². The fourth-order valence-electron chi connectivity index (χ4n) is 1.36. The van der Waals surface area contributed by atoms with Gasteiger partial charge in [0.2, 0.25) is 0 Å². The van der Waals surface area contributed by atoms with Gasteiger partial charge in [0.1, 0.15) is 5.25 Å². The van der Waals surface area contributed by atoms with E-state index in [9.17, 15) is 13.6 Å². The zero-order valence-corrected chi connectivity index (χ0v) is 10.4. The highest BCUT2D eigenvalue weighted by atomic mass is 32.2. The molecule has 1 aromatic rings. The molecule has 1 N–H and O–H groups in total. The van der Waals surface area contributed by atoms with Crippen molar-refractivity contribution in [2.75, 3.05) is 0 Å². The highest BCUT2D eigenvalue weighted by Gasteiger charge is 2.21. The summed E-state index contributed by atoms with van der Waals surface area (Å²) < 4.78 is 25.6. The Morgan fingerprint density at radius 2 is 2.00 bits per heavy atom. The summed E-state index contributed by atoms with van der Waals surface area (Å²) in [5, 5.41) is 8.43. The maximum Gasteiger partial charge on any atom is 0.316 e. The summed E-state index contributed by atoms with van der Waals surface area (Å²) in [6.07, 6.45) is 0. The largest absolute Gasteiger partial charge is 0.480 e. The van der Waals surface area contributed by atoms with E-state index in [4.69, 9.17) is 5.11 Å². The van der Waals surface area contributed by atoms with Crippen LogP contribution in [0.1, 0.15) is 19.4 Å². The van der Waals surface area contributed by atoms with Crippen molar-refractivity contribution in [1.29, 1.82) is 0 Å². The lowest BCUT2D eigenvalue weighted by atomic mass is 10.1. The van der Waals surface area contributed by atoms with Crippen LogP contribution in [-0.4, -0.2) is 16.3 Å². The van der Waals surface area contributed by atoms with Gasteiger partial charge in [0.25, 0.3) is 0 Å². The zero-order chi connectivity index (χ0) is 13.0. The first-order chi connectivity index (χ1) is 7.91. The zero-order valence-electron chi connectivity index (χ0n) is 9.61. The van der Waals surface area contributed by atoms with Crippen molar-refractivity contribution in [3.8, 4) is 0 Å². The molecule has 1 unspecified atom stereocenters. The molecule has 0 aliphatic rings. The summed E-state index contributed by atoms with van der Waals surface area (Å²) in [4.78, 5) is 10.9. The summed E-state index contributed by atoms with van der Waals surface area (Å²) in [7, 11) is 0. The Labute approximate surface area is 103 Å². The molecule has 0 fully saturated rings. The van der Waals surface area contributed by atoms with Crippen molar-refractivity contribution in [2.45, 2.75) is 24.9 Å². The van der Waals surface area contributed by atoms with Gasteiger partial charge in [-0.3, -0.25) is 4.79 Å². The Kier molecular flexibility index (Phi) is 4.93. The predicted octanol–water partition coefficient (Wildman–Crippen LogP) is 3.31. The number of hydrogen-bond acceptors (Lipinski definition) is 2. The van der Waals surface area contributed by atoms with Gasteiger partial charge in [-0.25, -0.2) is 8.78 Å². The SMILES string of the molecule is CC(C)C(SCc1ccc(F)c(F)c1)C(=O)O. The molecule has 0 spiro atoms. The number of thioether (sulfide) groups is 1. The van der Waals surface area contributed by atoms with Crippen LogP contribution in [0.4, 0.5) is 8.78 Å². The predicted molar refractivity (Wildman–Crippen MR) is 63.9 cm³/mol. The van der Waals surface area contributed by atoms with E-state index in [1.54, 1.807) is 0 Å². The lowest BCUT2D eigenvalue weighted by Gasteiger charge is -2.15. The maximum absolute atomic E-state index is 12.9. The van der Waals surface area contributed by atoms with E-state index in [-0.39, 0.29) is 5.92 Å². The Balaban J connectivity index is 2.65. The van der Waals surface area contributed by atoms with Gasteiger partial charge >= 0.3 is 5.97 Å². The van der Waals surface area contributed by atoms with Crippen molar-refractivity contribution >= 4 is 17.7 Å². The van der Waals surface area contributed by atoms with Crippen LogP contribution >= 0.6 is 11.8 Å². The van der Waals surface area contributed by atoms with Gasteiger partial charge in [-0.05, 0) is 23.6 Å². The average molecular weight is 260 g/mol. The van der Waals surface area contributed by atoms with E-state index in [1.165, 1.54) is 17.8 Å². The van der Waals surface area contributed by atoms with E-state index < -0.39 is 22.9 Å². The van der Waals surface area contributed by atoms with E-state index in [0.717, 1.165) is 12.1 Å². The molecule has 1 atom stereocenters. The quantitative estimate of drug-likeness (QED) is 0.882. The van der Waals surface area contributed by atoms with Gasteiger partial charge in [0.15, 0.2) is 11.6 Å². The fraction of sp³-hybridized carbons (Fsp3) is 0.417. The summed E-state index contributed by atoms with van der Waals surface area (Å²) in [6.45, 7) is 3.63. The minimum Gasteiger partial charge on any atom is -0.480 e. The molecule has 2 nitrogen and oxygen atoms in total. The smallest absolute Gasteiger partial charge is 0.316 e. The number of rotatable bonds is 5. The van der Waals surface area contributed by atoms with Crippen molar-refractivity contribution in [1.82, 2.24) is 0 Å². The van der Waals surface area contributed by atoms with Gasteiger partial charge in [0.05, 0.1) is 0 Å². The minimum absolute atomic E-state index is 0.0113.